The van der Waals surface area contributed by atoms with Crippen LogP contribution in [0.15, 0.2) is 12.5 Å². The normalized spacial score (nSPS) is 14.6. The van der Waals surface area contributed by atoms with Crippen molar-refractivity contribution >= 4 is 29.7 Å². The maximum atomic E-state index is 13.0. The van der Waals surface area contributed by atoms with E-state index in [2.05, 4.69) is 20.6 Å². The van der Waals surface area contributed by atoms with Gasteiger partial charge in [-0.3, -0.25) is 19.2 Å². The zero-order valence-corrected chi connectivity index (χ0v) is 18.3. The van der Waals surface area contributed by atoms with Gasteiger partial charge in [0.1, 0.15) is 18.1 Å². The molecular weight excluding hydrogens is 440 g/mol. The highest BCUT2D eigenvalue weighted by Gasteiger charge is 2.31. The van der Waals surface area contributed by atoms with E-state index in [0.29, 0.717) is 5.69 Å². The number of carboxylic acid groups (broad SMARTS) is 2. The lowest BCUT2D eigenvalue weighted by Crippen LogP contribution is -2.58. The van der Waals surface area contributed by atoms with Crippen LogP contribution >= 0.6 is 0 Å². The molecule has 0 aliphatic carbocycles. The molecule has 1 aromatic heterocycles. The summed E-state index contributed by atoms with van der Waals surface area (Å²) in [6.07, 6.45) is 1.90. The molecule has 0 spiro atoms. The number of aromatic nitrogens is 2. The van der Waals surface area contributed by atoms with Crippen molar-refractivity contribution in [3.05, 3.63) is 18.2 Å². The predicted octanol–water partition coefficient (Wildman–Crippen LogP) is -2.67. The number of aliphatic carboxylic acids is 2. The Kier molecular flexibility index (Phi) is 10.9. The van der Waals surface area contributed by atoms with Crippen LogP contribution < -0.4 is 21.7 Å². The summed E-state index contributed by atoms with van der Waals surface area (Å²) in [7, 11) is 0. The second kappa shape index (κ2) is 13.1. The summed E-state index contributed by atoms with van der Waals surface area (Å²) in [5, 5.41) is 34.0. The van der Waals surface area contributed by atoms with Gasteiger partial charge in [0.25, 0.3) is 0 Å². The molecule has 0 saturated carbocycles. The summed E-state index contributed by atoms with van der Waals surface area (Å²) in [6.45, 7) is 2.54. The van der Waals surface area contributed by atoms with Gasteiger partial charge >= 0.3 is 11.9 Å². The van der Waals surface area contributed by atoms with E-state index in [-0.39, 0.29) is 18.8 Å². The van der Waals surface area contributed by atoms with Gasteiger partial charge in [-0.2, -0.15) is 0 Å². The first-order chi connectivity index (χ1) is 15.5. The molecule has 184 valence electrons. The van der Waals surface area contributed by atoms with Gasteiger partial charge < -0.3 is 42.0 Å². The van der Waals surface area contributed by atoms with Crippen LogP contribution in [-0.4, -0.2) is 85.7 Å². The van der Waals surface area contributed by atoms with Crippen molar-refractivity contribution in [2.24, 2.45) is 11.7 Å². The Morgan fingerprint density at radius 2 is 1.58 bits per heavy atom. The fraction of sp³-hybridized carbons (Fsp3) is 0.579. The lowest BCUT2D eigenvalue weighted by atomic mass is 10.0. The molecule has 3 amide bonds. The minimum Gasteiger partial charge on any atom is -0.481 e. The number of carbonyl (C=O) groups is 5. The largest absolute Gasteiger partial charge is 0.481 e. The van der Waals surface area contributed by atoms with Gasteiger partial charge in [0.2, 0.25) is 17.7 Å². The van der Waals surface area contributed by atoms with Gasteiger partial charge in [-0.1, -0.05) is 13.8 Å². The number of H-pyrrole nitrogens is 1. The molecule has 33 heavy (non-hydrogen) atoms. The van der Waals surface area contributed by atoms with Crippen LogP contribution in [0.25, 0.3) is 0 Å². The molecule has 0 aliphatic rings. The number of carboxylic acids is 2. The van der Waals surface area contributed by atoms with E-state index in [0.717, 1.165) is 0 Å². The van der Waals surface area contributed by atoms with E-state index in [9.17, 15) is 24.0 Å². The molecule has 0 aromatic carbocycles. The lowest BCUT2D eigenvalue weighted by molar-refractivity contribution is -0.144. The first-order valence-corrected chi connectivity index (χ1v) is 10.2. The number of aliphatic hydroxyl groups is 1. The number of hydrogen-bond acceptors (Lipinski definition) is 8. The smallest absolute Gasteiger partial charge is 0.328 e. The molecule has 0 radical (unpaired) electrons. The zero-order chi connectivity index (χ0) is 25.1. The SMILES string of the molecule is CC(C)C(N)C(=O)NC(Cc1cnc[nH]1)C(=O)NC(CCC(=O)O)C(=O)NC(CO)C(=O)O. The average molecular weight is 470 g/mol. The third-order valence-electron chi connectivity index (χ3n) is 4.71. The van der Waals surface area contributed by atoms with Crippen molar-refractivity contribution in [2.45, 2.75) is 57.3 Å². The van der Waals surface area contributed by atoms with E-state index in [1.807, 2.05) is 5.32 Å². The predicted molar refractivity (Wildman–Crippen MR) is 112 cm³/mol. The number of aliphatic hydroxyl groups excluding tert-OH is 1. The second-order valence-electron chi connectivity index (χ2n) is 7.69. The van der Waals surface area contributed by atoms with Crippen LogP contribution in [0.5, 0.6) is 0 Å². The third-order valence-corrected chi connectivity index (χ3v) is 4.71. The van der Waals surface area contributed by atoms with Crippen LogP contribution in [-0.2, 0) is 30.4 Å². The number of amides is 3. The van der Waals surface area contributed by atoms with Gasteiger partial charge in [-0.05, 0) is 12.3 Å². The van der Waals surface area contributed by atoms with Crippen molar-refractivity contribution in [3.63, 3.8) is 0 Å². The molecule has 1 rings (SSSR count). The van der Waals surface area contributed by atoms with Gasteiger partial charge in [-0.15, -0.1) is 0 Å². The standard InChI is InChI=1S/C19H30N6O8/c1-9(2)15(20)18(31)24-12(5-10-6-21-8-22-10)17(30)23-11(3-4-14(27)28)16(29)25-13(7-26)19(32)33/h6,8-9,11-13,15,26H,3-5,7,20H2,1-2H3,(H,21,22)(H,23,30)(H,24,31)(H,25,29)(H,27,28)(H,32,33). The van der Waals surface area contributed by atoms with E-state index in [4.69, 9.17) is 21.1 Å². The maximum Gasteiger partial charge on any atom is 0.328 e. The van der Waals surface area contributed by atoms with Crippen LogP contribution in [0.3, 0.4) is 0 Å². The Balaban J connectivity index is 3.05. The average Bonchev–Trinajstić information content (AvgIpc) is 3.25. The minimum absolute atomic E-state index is 0.0376. The minimum atomic E-state index is -1.65. The Hall–Kier alpha value is -3.52. The number of nitrogens with one attached hydrogen (secondary N) is 4. The Bertz CT molecular complexity index is 828. The summed E-state index contributed by atoms with van der Waals surface area (Å²) in [4.78, 5) is 66.6. The van der Waals surface area contributed by atoms with Crippen LogP contribution in [0.4, 0.5) is 0 Å². The molecule has 0 aliphatic heterocycles. The summed E-state index contributed by atoms with van der Waals surface area (Å²) in [6, 6.07) is -5.20. The lowest BCUT2D eigenvalue weighted by Gasteiger charge is -2.25. The number of carbonyl (C=O) groups excluding carboxylic acids is 3. The summed E-state index contributed by atoms with van der Waals surface area (Å²) in [5.74, 6) is -5.42. The molecule has 9 N–H and O–H groups in total. The fourth-order valence-electron chi connectivity index (χ4n) is 2.66. The monoisotopic (exact) mass is 470 g/mol. The number of imidazole rings is 1. The molecule has 4 unspecified atom stereocenters. The van der Waals surface area contributed by atoms with Crippen molar-refractivity contribution in [3.8, 4) is 0 Å². The maximum absolute atomic E-state index is 13.0. The van der Waals surface area contributed by atoms with Crippen LogP contribution in [0.1, 0.15) is 32.4 Å². The Labute approximate surface area is 189 Å². The molecule has 4 atom stereocenters. The Morgan fingerprint density at radius 3 is 2.06 bits per heavy atom. The summed E-state index contributed by atoms with van der Waals surface area (Å²) >= 11 is 0. The van der Waals surface area contributed by atoms with Gasteiger partial charge in [-0.25, -0.2) is 9.78 Å². The molecule has 1 heterocycles. The quantitative estimate of drug-likeness (QED) is 0.140. The number of aromatic amines is 1. The van der Waals surface area contributed by atoms with Gasteiger partial charge in [0, 0.05) is 24.7 Å². The molecule has 14 nitrogen and oxygen atoms in total. The van der Waals surface area contributed by atoms with E-state index in [1.165, 1.54) is 12.5 Å². The topological polar surface area (TPSA) is 237 Å². The highest BCUT2D eigenvalue weighted by Crippen LogP contribution is 2.05. The molecule has 14 heteroatoms. The number of hydrogen-bond donors (Lipinski definition) is 8. The Morgan fingerprint density at radius 1 is 1.00 bits per heavy atom. The van der Waals surface area contributed by atoms with Crippen LogP contribution in [0, 0.1) is 5.92 Å². The summed E-state index contributed by atoms with van der Waals surface area (Å²) in [5.41, 5.74) is 6.33. The highest BCUT2D eigenvalue weighted by molar-refractivity contribution is 5.94. The number of nitrogens with two attached hydrogens (primary N) is 1. The van der Waals surface area contributed by atoms with E-state index < -0.39 is 66.9 Å². The van der Waals surface area contributed by atoms with Gasteiger partial charge in [0.05, 0.1) is 19.0 Å². The highest BCUT2D eigenvalue weighted by atomic mass is 16.4. The van der Waals surface area contributed by atoms with E-state index >= 15 is 0 Å². The van der Waals surface area contributed by atoms with Crippen molar-refractivity contribution in [1.29, 1.82) is 0 Å². The van der Waals surface area contributed by atoms with Gasteiger partial charge in [0.15, 0.2) is 0 Å². The molecular formula is C19H30N6O8. The molecule has 0 saturated heterocycles. The fourth-order valence-corrected chi connectivity index (χ4v) is 2.66. The van der Waals surface area contributed by atoms with E-state index in [1.54, 1.807) is 13.8 Å². The third kappa shape index (κ3) is 9.24. The van der Waals surface area contributed by atoms with Crippen molar-refractivity contribution in [2.75, 3.05) is 6.61 Å². The second-order valence-corrected chi connectivity index (χ2v) is 7.69. The molecule has 1 aromatic rings. The first-order valence-electron chi connectivity index (χ1n) is 10.2. The summed E-state index contributed by atoms with van der Waals surface area (Å²) < 4.78 is 0. The first kappa shape index (κ1) is 27.5. The number of rotatable bonds is 14. The zero-order valence-electron chi connectivity index (χ0n) is 18.3. The number of nitrogens with zero attached hydrogens (tertiary/aromatic N) is 1. The van der Waals surface area contributed by atoms with Crippen molar-refractivity contribution in [1.82, 2.24) is 25.9 Å². The van der Waals surface area contributed by atoms with Crippen LogP contribution in [0.2, 0.25) is 0 Å². The van der Waals surface area contributed by atoms with Crippen molar-refractivity contribution < 1.29 is 39.3 Å². The molecule has 0 fully saturated rings. The molecule has 0 bridgehead atoms.